The third-order valence-electron chi connectivity index (χ3n) is 5.32. The van der Waals surface area contributed by atoms with Gasteiger partial charge in [-0.15, -0.1) is 0 Å². The molecule has 158 valence electrons. The van der Waals surface area contributed by atoms with Crippen LogP contribution in [0.4, 0.5) is 4.39 Å². The molecule has 0 bridgehead atoms. The van der Waals surface area contributed by atoms with Crippen LogP contribution in [0.15, 0.2) is 48.5 Å². The monoisotopic (exact) mass is 413 g/mol. The molecule has 0 unspecified atom stereocenters. The number of nitrogens with one attached hydrogen (secondary N) is 3. The molecular weight excluding hydrogens is 389 g/mol. The zero-order valence-electron chi connectivity index (χ0n) is 16.4. The molecule has 0 aromatic heterocycles. The van der Waals surface area contributed by atoms with Gasteiger partial charge in [-0.1, -0.05) is 12.1 Å². The summed E-state index contributed by atoms with van der Waals surface area (Å²) in [7, 11) is 0. The predicted octanol–water partition coefficient (Wildman–Crippen LogP) is 2.53. The van der Waals surface area contributed by atoms with Crippen molar-refractivity contribution in [3.63, 3.8) is 0 Å². The van der Waals surface area contributed by atoms with Crippen molar-refractivity contribution in [1.29, 1.82) is 0 Å². The third-order valence-corrected chi connectivity index (χ3v) is 5.32. The van der Waals surface area contributed by atoms with Crippen molar-refractivity contribution in [3.05, 3.63) is 65.5 Å². The van der Waals surface area contributed by atoms with Crippen molar-refractivity contribution in [2.24, 2.45) is 11.8 Å². The van der Waals surface area contributed by atoms with E-state index < -0.39 is 17.6 Å². The van der Waals surface area contributed by atoms with E-state index in [1.807, 2.05) is 0 Å². The van der Waals surface area contributed by atoms with Gasteiger partial charge >= 0.3 is 0 Å². The Balaban J connectivity index is 1.39. The molecule has 0 spiro atoms. The normalized spacial score (nSPS) is 18.3. The van der Waals surface area contributed by atoms with E-state index >= 15 is 0 Å². The van der Waals surface area contributed by atoms with Gasteiger partial charge in [-0.05, 0) is 68.0 Å². The lowest BCUT2D eigenvalue weighted by molar-refractivity contribution is -0.127. The summed E-state index contributed by atoms with van der Waals surface area (Å²) in [4.78, 5) is 36.4. The maximum atomic E-state index is 13.7. The Hall–Kier alpha value is -3.42. The van der Waals surface area contributed by atoms with Crippen molar-refractivity contribution in [3.8, 4) is 5.75 Å². The Kier molecular flexibility index (Phi) is 7.00. The number of hydrogen-bond donors (Lipinski definition) is 4. The maximum absolute atomic E-state index is 13.7. The van der Waals surface area contributed by atoms with Gasteiger partial charge in [0.15, 0.2) is 0 Å². The van der Waals surface area contributed by atoms with E-state index in [9.17, 15) is 23.9 Å². The van der Waals surface area contributed by atoms with E-state index in [0.29, 0.717) is 24.9 Å². The molecule has 1 aliphatic rings. The second-order valence-corrected chi connectivity index (χ2v) is 7.40. The molecule has 3 amide bonds. The van der Waals surface area contributed by atoms with E-state index in [1.54, 1.807) is 6.07 Å². The van der Waals surface area contributed by atoms with E-state index in [2.05, 4.69) is 16.2 Å². The van der Waals surface area contributed by atoms with Crippen molar-refractivity contribution in [2.45, 2.75) is 25.7 Å². The number of rotatable bonds is 5. The molecule has 2 aromatic carbocycles. The highest BCUT2D eigenvalue weighted by Crippen LogP contribution is 2.28. The molecule has 30 heavy (non-hydrogen) atoms. The van der Waals surface area contributed by atoms with Crippen molar-refractivity contribution in [2.75, 3.05) is 6.54 Å². The van der Waals surface area contributed by atoms with Crippen LogP contribution < -0.4 is 16.2 Å². The zero-order chi connectivity index (χ0) is 21.5. The number of hydrogen-bond acceptors (Lipinski definition) is 4. The van der Waals surface area contributed by atoms with Crippen molar-refractivity contribution >= 4 is 17.7 Å². The molecule has 1 fully saturated rings. The summed E-state index contributed by atoms with van der Waals surface area (Å²) in [5, 5.41) is 12.0. The first-order chi connectivity index (χ1) is 14.4. The molecule has 7 nitrogen and oxygen atoms in total. The Morgan fingerprint density at radius 2 is 1.57 bits per heavy atom. The number of phenolic OH excluding ortho intramolecular Hbond substituents is 1. The first-order valence-corrected chi connectivity index (χ1v) is 9.86. The van der Waals surface area contributed by atoms with Gasteiger partial charge in [0.2, 0.25) is 5.91 Å². The van der Waals surface area contributed by atoms with Crippen LogP contribution >= 0.6 is 0 Å². The standard InChI is InChI=1S/C22H24FN3O4/c23-19-4-2-1-3-18(19)22(30)24-13-14-5-7-15(8-6-14)20(28)25-26-21(29)16-9-11-17(27)12-10-16/h1-4,9-12,14-15,27H,5-8,13H2,(H,24,30)(H,25,28)(H,26,29). The number of hydrazine groups is 1. The number of halogens is 1. The van der Waals surface area contributed by atoms with Gasteiger partial charge in [0.05, 0.1) is 5.56 Å². The minimum Gasteiger partial charge on any atom is -0.508 e. The topological polar surface area (TPSA) is 108 Å². The lowest BCUT2D eigenvalue weighted by Gasteiger charge is -2.27. The third kappa shape index (κ3) is 5.56. The number of carbonyl (C=O) groups is 3. The van der Waals surface area contributed by atoms with Gasteiger partial charge in [0.1, 0.15) is 11.6 Å². The Labute approximate surface area is 173 Å². The van der Waals surface area contributed by atoms with Gasteiger partial charge in [-0.2, -0.15) is 0 Å². The molecule has 0 aliphatic heterocycles. The van der Waals surface area contributed by atoms with Crippen LogP contribution in [0, 0.1) is 17.7 Å². The molecular formula is C22H24FN3O4. The second kappa shape index (κ2) is 9.87. The summed E-state index contributed by atoms with van der Waals surface area (Å²) >= 11 is 0. The Morgan fingerprint density at radius 3 is 2.23 bits per heavy atom. The first kappa shape index (κ1) is 21.3. The van der Waals surface area contributed by atoms with E-state index in [1.165, 1.54) is 42.5 Å². The van der Waals surface area contributed by atoms with Crippen LogP contribution in [0.2, 0.25) is 0 Å². The Morgan fingerprint density at radius 1 is 0.900 bits per heavy atom. The maximum Gasteiger partial charge on any atom is 0.269 e. The summed E-state index contributed by atoms with van der Waals surface area (Å²) in [6, 6.07) is 11.5. The Bertz CT molecular complexity index is 909. The summed E-state index contributed by atoms with van der Waals surface area (Å²) < 4.78 is 13.7. The van der Waals surface area contributed by atoms with Crippen LogP contribution in [0.5, 0.6) is 5.75 Å². The molecule has 2 aromatic rings. The first-order valence-electron chi connectivity index (χ1n) is 9.86. The molecule has 3 rings (SSSR count). The van der Waals surface area contributed by atoms with Gasteiger partial charge in [-0.3, -0.25) is 25.2 Å². The quantitative estimate of drug-likeness (QED) is 0.565. The fourth-order valence-electron chi connectivity index (χ4n) is 3.51. The van der Waals surface area contributed by atoms with Crippen LogP contribution in [-0.2, 0) is 4.79 Å². The molecule has 0 saturated heterocycles. The van der Waals surface area contributed by atoms with Gasteiger partial charge < -0.3 is 10.4 Å². The second-order valence-electron chi connectivity index (χ2n) is 7.40. The SMILES string of the molecule is O=C(NNC(=O)C1CCC(CNC(=O)c2ccccc2F)CC1)c1ccc(O)cc1. The largest absolute Gasteiger partial charge is 0.508 e. The van der Waals surface area contributed by atoms with Crippen molar-refractivity contribution in [1.82, 2.24) is 16.2 Å². The molecule has 8 heteroatoms. The highest BCUT2D eigenvalue weighted by molar-refractivity contribution is 5.95. The fraction of sp³-hybridized carbons (Fsp3) is 0.318. The summed E-state index contributed by atoms with van der Waals surface area (Å²) in [6.45, 7) is 0.430. The molecule has 0 heterocycles. The lowest BCUT2D eigenvalue weighted by atomic mass is 9.81. The summed E-state index contributed by atoms with van der Waals surface area (Å²) in [5.74, 6) is -1.66. The smallest absolute Gasteiger partial charge is 0.269 e. The van der Waals surface area contributed by atoms with E-state index in [4.69, 9.17) is 0 Å². The summed E-state index contributed by atoms with van der Waals surface area (Å²) in [6.07, 6.45) is 2.78. The predicted molar refractivity (Wildman–Crippen MR) is 108 cm³/mol. The van der Waals surface area contributed by atoms with Gasteiger partial charge in [0, 0.05) is 18.0 Å². The molecule has 1 aliphatic carbocycles. The number of phenols is 1. The van der Waals surface area contributed by atoms with Gasteiger partial charge in [-0.25, -0.2) is 4.39 Å². The van der Waals surface area contributed by atoms with Crippen LogP contribution in [0.3, 0.4) is 0 Å². The molecule has 0 atom stereocenters. The minimum atomic E-state index is -0.551. The average molecular weight is 413 g/mol. The number of amides is 3. The zero-order valence-corrected chi connectivity index (χ0v) is 16.4. The molecule has 1 saturated carbocycles. The van der Waals surface area contributed by atoms with Crippen LogP contribution in [-0.4, -0.2) is 29.4 Å². The highest BCUT2D eigenvalue weighted by Gasteiger charge is 2.27. The number of benzene rings is 2. The average Bonchev–Trinajstić information content (AvgIpc) is 2.76. The van der Waals surface area contributed by atoms with Crippen LogP contribution in [0.25, 0.3) is 0 Å². The minimum absolute atomic E-state index is 0.0231. The van der Waals surface area contributed by atoms with E-state index in [0.717, 1.165) is 12.8 Å². The van der Waals surface area contributed by atoms with Gasteiger partial charge in [0.25, 0.3) is 11.8 Å². The lowest BCUT2D eigenvalue weighted by Crippen LogP contribution is -2.45. The summed E-state index contributed by atoms with van der Waals surface area (Å²) in [5.41, 5.74) is 5.17. The number of aromatic hydroxyl groups is 1. The molecule has 4 N–H and O–H groups in total. The van der Waals surface area contributed by atoms with Crippen LogP contribution in [0.1, 0.15) is 46.4 Å². The highest BCUT2D eigenvalue weighted by atomic mass is 19.1. The molecule has 0 radical (unpaired) electrons. The number of carbonyl (C=O) groups excluding carboxylic acids is 3. The van der Waals surface area contributed by atoms with Crippen molar-refractivity contribution < 1.29 is 23.9 Å². The van der Waals surface area contributed by atoms with E-state index in [-0.39, 0.29) is 29.1 Å². The fourth-order valence-corrected chi connectivity index (χ4v) is 3.51.